The van der Waals surface area contributed by atoms with Gasteiger partial charge in [0.25, 0.3) is 5.91 Å². The van der Waals surface area contributed by atoms with E-state index in [1.54, 1.807) is 4.90 Å². The normalized spacial score (nSPS) is 15.7. The Morgan fingerprint density at radius 3 is 2.67 bits per heavy atom. The van der Waals surface area contributed by atoms with Gasteiger partial charge >= 0.3 is 0 Å². The predicted octanol–water partition coefficient (Wildman–Crippen LogP) is 1.52. The molecule has 0 unspecified atom stereocenters. The van der Waals surface area contributed by atoms with Crippen LogP contribution >= 0.6 is 12.2 Å². The monoisotopic (exact) mass is 220 g/mol. The first-order valence-electron chi connectivity index (χ1n) is 4.77. The number of carbonyl (C=O) groups excluding carboxylic acids is 1. The summed E-state index contributed by atoms with van der Waals surface area (Å²) in [4.78, 5) is 13.2. The molecule has 4 heteroatoms. The van der Waals surface area contributed by atoms with Gasteiger partial charge in [0, 0.05) is 0 Å². The highest BCUT2D eigenvalue weighted by Gasteiger charge is 2.27. The van der Waals surface area contributed by atoms with Crippen molar-refractivity contribution in [3.63, 3.8) is 0 Å². The van der Waals surface area contributed by atoms with Crippen LogP contribution in [0.3, 0.4) is 0 Å². The Hall–Kier alpha value is -1.42. The van der Waals surface area contributed by atoms with Crippen molar-refractivity contribution >= 4 is 28.9 Å². The van der Waals surface area contributed by atoms with Crippen LogP contribution in [0.5, 0.6) is 0 Å². The lowest BCUT2D eigenvalue weighted by Crippen LogP contribution is -2.31. The van der Waals surface area contributed by atoms with Crippen LogP contribution in [0.1, 0.15) is 11.1 Å². The van der Waals surface area contributed by atoms with E-state index in [1.807, 2.05) is 32.0 Å². The summed E-state index contributed by atoms with van der Waals surface area (Å²) in [5.74, 6) is 0.00644. The highest BCUT2D eigenvalue weighted by Crippen LogP contribution is 2.23. The summed E-state index contributed by atoms with van der Waals surface area (Å²) in [5, 5.41) is 3.36. The second kappa shape index (κ2) is 3.62. The van der Waals surface area contributed by atoms with E-state index in [-0.39, 0.29) is 5.91 Å². The minimum absolute atomic E-state index is 0.00644. The summed E-state index contributed by atoms with van der Waals surface area (Å²) >= 11 is 5.09. The van der Waals surface area contributed by atoms with Gasteiger partial charge in [-0.3, -0.25) is 9.69 Å². The quantitative estimate of drug-likeness (QED) is 0.728. The molecule has 2 rings (SSSR count). The Balaban J connectivity index is 2.45. The number of hydrogen-bond acceptors (Lipinski definition) is 2. The van der Waals surface area contributed by atoms with Crippen molar-refractivity contribution in [2.75, 3.05) is 11.4 Å². The molecular weight excluding hydrogens is 208 g/mol. The van der Waals surface area contributed by atoms with Crippen molar-refractivity contribution in [3.8, 4) is 0 Å². The van der Waals surface area contributed by atoms with Gasteiger partial charge in [-0.1, -0.05) is 17.7 Å². The van der Waals surface area contributed by atoms with E-state index in [4.69, 9.17) is 12.2 Å². The average molecular weight is 220 g/mol. The topological polar surface area (TPSA) is 32.3 Å². The van der Waals surface area contributed by atoms with E-state index in [0.29, 0.717) is 11.7 Å². The summed E-state index contributed by atoms with van der Waals surface area (Å²) in [6, 6.07) is 5.96. The smallest absolute Gasteiger partial charge is 0.252 e. The van der Waals surface area contributed by atoms with Gasteiger partial charge in [0.2, 0.25) is 0 Å². The number of thiocarbonyl (C=S) groups is 1. The Kier molecular flexibility index (Phi) is 2.44. The molecule has 1 amide bonds. The summed E-state index contributed by atoms with van der Waals surface area (Å²) in [7, 11) is 0. The maximum atomic E-state index is 11.6. The maximum Gasteiger partial charge on any atom is 0.252 e. The van der Waals surface area contributed by atoms with E-state index < -0.39 is 0 Å². The summed E-state index contributed by atoms with van der Waals surface area (Å²) in [6.07, 6.45) is 0. The van der Waals surface area contributed by atoms with Gasteiger partial charge < -0.3 is 5.32 Å². The van der Waals surface area contributed by atoms with Crippen molar-refractivity contribution in [3.05, 3.63) is 29.3 Å². The summed E-state index contributed by atoms with van der Waals surface area (Å²) in [5.41, 5.74) is 3.12. The van der Waals surface area contributed by atoms with E-state index in [1.165, 1.54) is 5.56 Å². The zero-order valence-corrected chi connectivity index (χ0v) is 9.52. The third-order valence-corrected chi connectivity index (χ3v) is 2.76. The van der Waals surface area contributed by atoms with Crippen LogP contribution in [0.4, 0.5) is 5.69 Å². The van der Waals surface area contributed by atoms with Crippen molar-refractivity contribution in [1.29, 1.82) is 0 Å². The number of carbonyl (C=O) groups is 1. The number of aryl methyl sites for hydroxylation is 2. The number of hydrogen-bond donors (Lipinski definition) is 1. The molecule has 1 N–H and O–H groups in total. The number of nitrogens with one attached hydrogen (secondary N) is 1. The van der Waals surface area contributed by atoms with Gasteiger partial charge in [0.05, 0.1) is 12.2 Å². The average Bonchev–Trinajstić information content (AvgIpc) is 2.48. The molecule has 0 aromatic heterocycles. The van der Waals surface area contributed by atoms with Crippen molar-refractivity contribution in [1.82, 2.24) is 5.32 Å². The zero-order valence-electron chi connectivity index (χ0n) is 8.70. The fourth-order valence-corrected chi connectivity index (χ4v) is 1.99. The number of rotatable bonds is 1. The first kappa shape index (κ1) is 10.1. The summed E-state index contributed by atoms with van der Waals surface area (Å²) < 4.78 is 0. The highest BCUT2D eigenvalue weighted by atomic mass is 32.1. The van der Waals surface area contributed by atoms with Gasteiger partial charge in [-0.15, -0.1) is 0 Å². The standard InChI is InChI=1S/C11H12N2OS/c1-7-3-4-9(8(2)5-7)13-10(14)6-12-11(13)15/h3-5H,6H2,1-2H3,(H,12,15). The Morgan fingerprint density at radius 2 is 2.13 bits per heavy atom. The third kappa shape index (κ3) is 1.72. The largest absolute Gasteiger partial charge is 0.353 e. The van der Waals surface area contributed by atoms with Crippen LogP contribution < -0.4 is 10.2 Å². The van der Waals surface area contributed by atoms with Crippen LogP contribution in [0, 0.1) is 13.8 Å². The molecule has 1 fully saturated rings. The minimum atomic E-state index is 0.00644. The van der Waals surface area contributed by atoms with Crippen LogP contribution in [-0.4, -0.2) is 17.6 Å². The lowest BCUT2D eigenvalue weighted by molar-refractivity contribution is -0.115. The van der Waals surface area contributed by atoms with Crippen molar-refractivity contribution in [2.45, 2.75) is 13.8 Å². The maximum absolute atomic E-state index is 11.6. The zero-order chi connectivity index (χ0) is 11.0. The van der Waals surface area contributed by atoms with E-state index in [9.17, 15) is 4.79 Å². The van der Waals surface area contributed by atoms with Gasteiger partial charge in [0.1, 0.15) is 0 Å². The molecular formula is C11H12N2OS. The van der Waals surface area contributed by atoms with Crippen molar-refractivity contribution < 1.29 is 4.79 Å². The van der Waals surface area contributed by atoms with Crippen LogP contribution in [0.25, 0.3) is 0 Å². The number of anilines is 1. The SMILES string of the molecule is Cc1ccc(N2C(=O)CNC2=S)c(C)c1. The highest BCUT2D eigenvalue weighted by molar-refractivity contribution is 7.80. The first-order chi connectivity index (χ1) is 7.09. The van der Waals surface area contributed by atoms with E-state index >= 15 is 0 Å². The van der Waals surface area contributed by atoms with Crippen LogP contribution in [-0.2, 0) is 4.79 Å². The Morgan fingerprint density at radius 1 is 1.40 bits per heavy atom. The van der Waals surface area contributed by atoms with Crippen molar-refractivity contribution in [2.24, 2.45) is 0 Å². The second-order valence-electron chi connectivity index (χ2n) is 3.68. The molecule has 3 nitrogen and oxygen atoms in total. The minimum Gasteiger partial charge on any atom is -0.353 e. The molecule has 1 aliphatic heterocycles. The molecule has 0 aliphatic carbocycles. The number of nitrogens with zero attached hydrogens (tertiary/aromatic N) is 1. The molecule has 1 saturated heterocycles. The molecule has 1 aliphatic rings. The van der Waals surface area contributed by atoms with Gasteiger partial charge in [-0.2, -0.15) is 0 Å². The first-order valence-corrected chi connectivity index (χ1v) is 5.18. The molecule has 0 saturated carbocycles. The molecule has 0 spiro atoms. The molecule has 0 bridgehead atoms. The number of amides is 1. The van der Waals surface area contributed by atoms with Gasteiger partial charge in [0.15, 0.2) is 5.11 Å². The summed E-state index contributed by atoms with van der Waals surface area (Å²) in [6.45, 7) is 4.31. The molecule has 0 radical (unpaired) electrons. The molecule has 0 atom stereocenters. The number of benzene rings is 1. The molecule has 1 aromatic carbocycles. The van der Waals surface area contributed by atoms with Gasteiger partial charge in [-0.05, 0) is 37.7 Å². The van der Waals surface area contributed by atoms with E-state index in [0.717, 1.165) is 11.3 Å². The fraction of sp³-hybridized carbons (Fsp3) is 0.273. The molecule has 15 heavy (non-hydrogen) atoms. The molecule has 78 valence electrons. The lowest BCUT2D eigenvalue weighted by Gasteiger charge is -2.17. The van der Waals surface area contributed by atoms with Crippen LogP contribution in [0.2, 0.25) is 0 Å². The van der Waals surface area contributed by atoms with Gasteiger partial charge in [-0.25, -0.2) is 0 Å². The lowest BCUT2D eigenvalue weighted by atomic mass is 10.1. The Labute approximate surface area is 94.1 Å². The third-order valence-electron chi connectivity index (χ3n) is 2.44. The predicted molar refractivity (Wildman–Crippen MR) is 64.0 cm³/mol. The molecule has 1 heterocycles. The van der Waals surface area contributed by atoms with E-state index in [2.05, 4.69) is 5.32 Å². The Bertz CT molecular complexity index is 426. The molecule has 1 aromatic rings. The fourth-order valence-electron chi connectivity index (χ4n) is 1.72. The van der Waals surface area contributed by atoms with Crippen LogP contribution in [0.15, 0.2) is 18.2 Å². The second-order valence-corrected chi connectivity index (χ2v) is 4.06.